The number of amides is 4. The molecule has 1 aliphatic rings. The van der Waals surface area contributed by atoms with E-state index in [9.17, 15) is 19.2 Å². The van der Waals surface area contributed by atoms with Gasteiger partial charge in [-0.15, -0.1) is 0 Å². The Hall–Kier alpha value is -4.37. The van der Waals surface area contributed by atoms with E-state index in [1.54, 1.807) is 80.8 Å². The first-order valence-corrected chi connectivity index (χ1v) is 12.3. The van der Waals surface area contributed by atoms with Crippen molar-refractivity contribution < 1.29 is 28.7 Å². The van der Waals surface area contributed by atoms with Crippen molar-refractivity contribution in [2.45, 2.75) is 25.9 Å². The summed E-state index contributed by atoms with van der Waals surface area (Å²) in [6.45, 7) is 2.03. The Bertz CT molecular complexity index is 1340. The molecule has 3 aromatic rings. The maximum Gasteiger partial charge on any atom is 0.338 e. The zero-order chi connectivity index (χ0) is 27.2. The minimum Gasteiger partial charge on any atom is -0.497 e. The number of nitrogens with zero attached hydrogens (tertiary/aromatic N) is 2. The lowest BCUT2D eigenvalue weighted by Gasteiger charge is -2.22. The fourth-order valence-corrected chi connectivity index (χ4v) is 4.22. The van der Waals surface area contributed by atoms with Gasteiger partial charge in [0.2, 0.25) is 5.91 Å². The Morgan fingerprint density at radius 3 is 2.37 bits per heavy atom. The number of halogens is 1. The molecule has 1 heterocycles. The molecule has 0 radical (unpaired) electrons. The van der Waals surface area contributed by atoms with Crippen molar-refractivity contribution in [2.75, 3.05) is 23.9 Å². The second-order valence-corrected chi connectivity index (χ2v) is 8.91. The molecule has 0 aromatic heterocycles. The van der Waals surface area contributed by atoms with E-state index in [1.165, 1.54) is 11.0 Å². The third kappa shape index (κ3) is 5.95. The van der Waals surface area contributed by atoms with Gasteiger partial charge in [0, 0.05) is 17.3 Å². The zero-order valence-electron chi connectivity index (χ0n) is 20.8. The number of esters is 1. The number of imide groups is 1. The van der Waals surface area contributed by atoms with Crippen LogP contribution < -0.4 is 15.0 Å². The highest BCUT2D eigenvalue weighted by atomic mass is 35.5. The van der Waals surface area contributed by atoms with Crippen LogP contribution in [0.25, 0.3) is 0 Å². The van der Waals surface area contributed by atoms with Crippen molar-refractivity contribution in [3.8, 4) is 5.75 Å². The molecule has 196 valence electrons. The lowest BCUT2D eigenvalue weighted by molar-refractivity contribution is -0.124. The number of rotatable bonds is 9. The first kappa shape index (κ1) is 26.7. The Morgan fingerprint density at radius 1 is 1.00 bits per heavy atom. The van der Waals surface area contributed by atoms with Crippen LogP contribution >= 0.6 is 11.6 Å². The standard InChI is InChI=1S/C28H26ClN3O6/c1-3-38-27(35)19-5-4-6-21(15-19)30-25(33)16-24-26(34)32(22-11-9-20(29)10-12-22)28(36)31(24)17-18-7-13-23(37-2)14-8-18/h4-15,24H,3,16-17H2,1-2H3,(H,30,33)/t24-/m1/s1. The van der Waals surface area contributed by atoms with Gasteiger partial charge in [0.15, 0.2) is 0 Å². The summed E-state index contributed by atoms with van der Waals surface area (Å²) < 4.78 is 10.2. The molecule has 1 atom stereocenters. The minimum atomic E-state index is -1.05. The average Bonchev–Trinajstić information content (AvgIpc) is 3.13. The van der Waals surface area contributed by atoms with Crippen molar-refractivity contribution in [3.05, 3.63) is 88.9 Å². The lowest BCUT2D eigenvalue weighted by Crippen LogP contribution is -2.37. The number of ether oxygens (including phenoxy) is 2. The minimum absolute atomic E-state index is 0.106. The van der Waals surface area contributed by atoms with E-state index < -0.39 is 29.9 Å². The molecule has 1 N–H and O–H groups in total. The maximum absolute atomic E-state index is 13.5. The second-order valence-electron chi connectivity index (χ2n) is 8.48. The monoisotopic (exact) mass is 535 g/mol. The van der Waals surface area contributed by atoms with Gasteiger partial charge in [-0.1, -0.05) is 29.8 Å². The molecule has 1 saturated heterocycles. The van der Waals surface area contributed by atoms with Crippen LogP contribution in [-0.4, -0.2) is 48.5 Å². The molecular formula is C28H26ClN3O6. The van der Waals surface area contributed by atoms with E-state index in [0.717, 1.165) is 10.5 Å². The normalized spacial score (nSPS) is 15.0. The number of urea groups is 1. The molecule has 0 saturated carbocycles. The number of anilines is 2. The highest BCUT2D eigenvalue weighted by Gasteiger charge is 2.46. The number of hydrogen-bond donors (Lipinski definition) is 1. The molecule has 10 heteroatoms. The number of benzene rings is 3. The Morgan fingerprint density at radius 2 is 1.71 bits per heavy atom. The topological polar surface area (TPSA) is 105 Å². The van der Waals surface area contributed by atoms with Gasteiger partial charge in [-0.2, -0.15) is 0 Å². The summed E-state index contributed by atoms with van der Waals surface area (Å²) in [5, 5.41) is 3.18. The van der Waals surface area contributed by atoms with Crippen LogP contribution in [0.4, 0.5) is 16.2 Å². The highest BCUT2D eigenvalue weighted by Crippen LogP contribution is 2.30. The van der Waals surface area contributed by atoms with E-state index in [0.29, 0.717) is 22.1 Å². The van der Waals surface area contributed by atoms with Gasteiger partial charge in [0.1, 0.15) is 11.8 Å². The van der Waals surface area contributed by atoms with Crippen molar-refractivity contribution in [1.82, 2.24) is 4.90 Å². The first-order valence-electron chi connectivity index (χ1n) is 11.9. The van der Waals surface area contributed by atoms with Gasteiger partial charge in [-0.25, -0.2) is 14.5 Å². The van der Waals surface area contributed by atoms with Gasteiger partial charge >= 0.3 is 12.0 Å². The van der Waals surface area contributed by atoms with E-state index in [-0.39, 0.29) is 25.1 Å². The molecule has 9 nitrogen and oxygen atoms in total. The number of methoxy groups -OCH3 is 1. The van der Waals surface area contributed by atoms with Crippen molar-refractivity contribution in [3.63, 3.8) is 0 Å². The fraction of sp³-hybridized carbons (Fsp3) is 0.214. The molecule has 1 fully saturated rings. The molecule has 3 aromatic carbocycles. The Balaban J connectivity index is 1.57. The lowest BCUT2D eigenvalue weighted by atomic mass is 10.1. The summed E-state index contributed by atoms with van der Waals surface area (Å²) in [4.78, 5) is 54.4. The quantitative estimate of drug-likeness (QED) is 0.309. The van der Waals surface area contributed by atoms with Crippen LogP contribution in [0.2, 0.25) is 5.02 Å². The van der Waals surface area contributed by atoms with E-state index in [2.05, 4.69) is 5.32 Å². The molecule has 0 unspecified atom stereocenters. The summed E-state index contributed by atoms with van der Waals surface area (Å²) in [6, 6.07) is 18.1. The van der Waals surface area contributed by atoms with Gasteiger partial charge in [0.05, 0.1) is 31.4 Å². The summed E-state index contributed by atoms with van der Waals surface area (Å²) in [5.41, 5.74) is 1.77. The van der Waals surface area contributed by atoms with Crippen molar-refractivity contribution in [2.24, 2.45) is 0 Å². The molecule has 38 heavy (non-hydrogen) atoms. The largest absolute Gasteiger partial charge is 0.497 e. The number of nitrogens with one attached hydrogen (secondary N) is 1. The number of hydrogen-bond acceptors (Lipinski definition) is 6. The predicted molar refractivity (Wildman–Crippen MR) is 142 cm³/mol. The van der Waals surface area contributed by atoms with Crippen LogP contribution in [0.3, 0.4) is 0 Å². The molecule has 0 aliphatic carbocycles. The first-order chi connectivity index (χ1) is 18.3. The summed E-state index contributed by atoms with van der Waals surface area (Å²) in [5.74, 6) is -0.873. The second kappa shape index (κ2) is 11.8. The van der Waals surface area contributed by atoms with Crippen LogP contribution in [0.15, 0.2) is 72.8 Å². The molecule has 0 bridgehead atoms. The summed E-state index contributed by atoms with van der Waals surface area (Å²) in [7, 11) is 1.55. The van der Waals surface area contributed by atoms with Gasteiger partial charge in [-0.05, 0) is 67.1 Å². The third-order valence-corrected chi connectivity index (χ3v) is 6.20. The highest BCUT2D eigenvalue weighted by molar-refractivity contribution is 6.30. The van der Waals surface area contributed by atoms with Crippen LogP contribution in [0.1, 0.15) is 29.3 Å². The average molecular weight is 536 g/mol. The molecule has 4 rings (SSSR count). The summed E-state index contributed by atoms with van der Waals surface area (Å²) in [6.07, 6.45) is -0.283. The van der Waals surface area contributed by atoms with Crippen molar-refractivity contribution >= 4 is 46.8 Å². The smallest absolute Gasteiger partial charge is 0.338 e. The summed E-state index contributed by atoms with van der Waals surface area (Å²) >= 11 is 5.98. The predicted octanol–water partition coefficient (Wildman–Crippen LogP) is 4.89. The third-order valence-electron chi connectivity index (χ3n) is 5.95. The van der Waals surface area contributed by atoms with Crippen LogP contribution in [0.5, 0.6) is 5.75 Å². The SMILES string of the molecule is CCOC(=O)c1cccc(NC(=O)C[C@@H]2C(=O)N(c3ccc(Cl)cc3)C(=O)N2Cc2ccc(OC)cc2)c1. The van der Waals surface area contributed by atoms with Gasteiger partial charge in [-0.3, -0.25) is 9.59 Å². The molecular weight excluding hydrogens is 510 g/mol. The molecule has 0 spiro atoms. The van der Waals surface area contributed by atoms with E-state index in [1.807, 2.05) is 0 Å². The fourth-order valence-electron chi connectivity index (χ4n) is 4.10. The maximum atomic E-state index is 13.5. The van der Waals surface area contributed by atoms with Crippen molar-refractivity contribution in [1.29, 1.82) is 0 Å². The van der Waals surface area contributed by atoms with Gasteiger partial charge in [0.25, 0.3) is 5.91 Å². The van der Waals surface area contributed by atoms with E-state index in [4.69, 9.17) is 21.1 Å². The van der Waals surface area contributed by atoms with Crippen LogP contribution in [0, 0.1) is 0 Å². The number of carbonyl (C=O) groups excluding carboxylic acids is 4. The van der Waals surface area contributed by atoms with E-state index >= 15 is 0 Å². The Labute approximate surface area is 224 Å². The van der Waals surface area contributed by atoms with Crippen LogP contribution in [-0.2, 0) is 20.9 Å². The van der Waals surface area contributed by atoms with Gasteiger partial charge < -0.3 is 19.7 Å². The molecule has 4 amide bonds. The number of carbonyl (C=O) groups is 4. The zero-order valence-corrected chi connectivity index (χ0v) is 21.6. The molecule has 1 aliphatic heterocycles. The Kier molecular flexibility index (Phi) is 8.28.